The van der Waals surface area contributed by atoms with Gasteiger partial charge in [0, 0.05) is 36.5 Å². The van der Waals surface area contributed by atoms with Gasteiger partial charge in [-0.05, 0) is 61.7 Å². The Morgan fingerprint density at radius 2 is 1.77 bits per heavy atom. The lowest BCUT2D eigenvalue weighted by Gasteiger charge is -2.25. The van der Waals surface area contributed by atoms with Crippen LogP contribution in [0.25, 0.3) is 10.8 Å². The van der Waals surface area contributed by atoms with Crippen molar-refractivity contribution in [2.45, 2.75) is 37.8 Å². The average Bonchev–Trinajstić information content (AvgIpc) is 3.20. The molecule has 8 heteroatoms. The number of aliphatic hydroxyl groups is 1. The van der Waals surface area contributed by atoms with E-state index in [1.54, 1.807) is 37.1 Å². The molecule has 1 aliphatic heterocycles. The molecule has 0 radical (unpaired) electrons. The zero-order valence-corrected chi connectivity index (χ0v) is 22.3. The number of halogens is 1. The molecular weight excluding hydrogens is 497 g/mol. The Hall–Kier alpha value is -3.75. The molecule has 2 unspecified atom stereocenters. The third-order valence-electron chi connectivity index (χ3n) is 7.56. The Morgan fingerprint density at radius 1 is 1.00 bits per heavy atom. The highest BCUT2D eigenvalue weighted by atomic mass is 19.1. The highest BCUT2D eigenvalue weighted by molar-refractivity contribution is 5.83. The van der Waals surface area contributed by atoms with Crippen LogP contribution in [0.15, 0.2) is 71.5 Å². The van der Waals surface area contributed by atoms with E-state index in [4.69, 9.17) is 14.6 Å². The number of hydrogen-bond donors (Lipinski definition) is 1. The smallest absolute Gasteiger partial charge is 0.274 e. The van der Waals surface area contributed by atoms with Gasteiger partial charge in [-0.15, -0.1) is 0 Å². The molecule has 204 valence electrons. The molecule has 1 saturated heterocycles. The molecule has 7 nitrogen and oxygen atoms in total. The lowest BCUT2D eigenvalue weighted by atomic mass is 10.0. The summed E-state index contributed by atoms with van der Waals surface area (Å²) < 4.78 is 25.9. The number of benzene rings is 3. The summed E-state index contributed by atoms with van der Waals surface area (Å²) in [5, 5.41) is 17.4. The molecule has 1 aromatic heterocycles. The van der Waals surface area contributed by atoms with Crippen LogP contribution in [0.3, 0.4) is 0 Å². The van der Waals surface area contributed by atoms with Crippen molar-refractivity contribution in [1.82, 2.24) is 14.7 Å². The summed E-state index contributed by atoms with van der Waals surface area (Å²) in [7, 11) is 3.18. The molecule has 2 atom stereocenters. The maximum Gasteiger partial charge on any atom is 0.274 e. The maximum atomic E-state index is 13.5. The summed E-state index contributed by atoms with van der Waals surface area (Å²) in [6.07, 6.45) is 2.24. The number of aromatic nitrogens is 2. The first kappa shape index (κ1) is 26.8. The van der Waals surface area contributed by atoms with Crippen LogP contribution in [0.2, 0.25) is 0 Å². The molecule has 39 heavy (non-hydrogen) atoms. The third kappa shape index (κ3) is 5.97. The van der Waals surface area contributed by atoms with Gasteiger partial charge in [-0.1, -0.05) is 30.3 Å². The number of likely N-dealkylation sites (tertiary alicyclic amines) is 1. The van der Waals surface area contributed by atoms with Crippen molar-refractivity contribution in [3.8, 4) is 11.5 Å². The SMILES string of the molecule is COc1ccc(C(O)CN2CCCC(n3nc(Cc4ccc(F)cc4)c4ccccc4c3=O)CC2)c(OC)c1. The van der Waals surface area contributed by atoms with Crippen molar-refractivity contribution in [2.75, 3.05) is 33.9 Å². The van der Waals surface area contributed by atoms with Gasteiger partial charge < -0.3 is 19.5 Å². The monoisotopic (exact) mass is 531 g/mol. The standard InChI is InChI=1S/C31H34FN3O4/c1-38-24-13-14-27(30(19-24)39-2)29(36)20-34-16-5-6-23(15-17-34)35-31(37)26-8-4-3-7-25(26)28(33-35)18-21-9-11-22(32)12-10-21/h3-4,7-14,19,23,29,36H,5-6,15-18,20H2,1-2H3. The zero-order chi connectivity index (χ0) is 27.4. The maximum absolute atomic E-state index is 13.5. The van der Waals surface area contributed by atoms with E-state index in [1.807, 2.05) is 36.4 Å². The van der Waals surface area contributed by atoms with Gasteiger partial charge in [-0.2, -0.15) is 5.10 Å². The summed E-state index contributed by atoms with van der Waals surface area (Å²) >= 11 is 0. The number of aliphatic hydroxyl groups excluding tert-OH is 1. The fourth-order valence-corrected chi connectivity index (χ4v) is 5.45. The normalized spacial score (nSPS) is 17.1. The number of hydrogen-bond acceptors (Lipinski definition) is 6. The second-order valence-electron chi connectivity index (χ2n) is 10.1. The summed E-state index contributed by atoms with van der Waals surface area (Å²) in [4.78, 5) is 15.8. The van der Waals surface area contributed by atoms with Crippen molar-refractivity contribution >= 4 is 10.8 Å². The second kappa shape index (κ2) is 12.0. The molecule has 0 saturated carbocycles. The number of fused-ring (bicyclic) bond motifs is 1. The summed E-state index contributed by atoms with van der Waals surface area (Å²) in [5.41, 5.74) is 2.38. The van der Waals surface area contributed by atoms with Crippen LogP contribution in [0.1, 0.15) is 48.2 Å². The van der Waals surface area contributed by atoms with Crippen molar-refractivity contribution in [2.24, 2.45) is 0 Å². The van der Waals surface area contributed by atoms with Gasteiger partial charge in [-0.3, -0.25) is 4.79 Å². The van der Waals surface area contributed by atoms with Gasteiger partial charge >= 0.3 is 0 Å². The Kier molecular flexibility index (Phi) is 8.24. The second-order valence-corrected chi connectivity index (χ2v) is 10.1. The molecule has 1 aliphatic rings. The van der Waals surface area contributed by atoms with E-state index in [0.717, 1.165) is 54.6 Å². The van der Waals surface area contributed by atoms with Crippen LogP contribution in [0, 0.1) is 5.82 Å². The highest BCUT2D eigenvalue weighted by Crippen LogP contribution is 2.31. The first-order chi connectivity index (χ1) is 19.0. The Morgan fingerprint density at radius 3 is 2.51 bits per heavy atom. The summed E-state index contributed by atoms with van der Waals surface area (Å²) in [6.45, 7) is 2.01. The molecule has 0 amide bonds. The van der Waals surface area contributed by atoms with Crippen molar-refractivity contribution < 1.29 is 19.0 Å². The molecular formula is C31H34FN3O4. The quantitative estimate of drug-likeness (QED) is 0.348. The predicted molar refractivity (Wildman–Crippen MR) is 149 cm³/mol. The molecule has 0 spiro atoms. The topological polar surface area (TPSA) is 76.8 Å². The zero-order valence-electron chi connectivity index (χ0n) is 22.3. The van der Waals surface area contributed by atoms with Crippen LogP contribution >= 0.6 is 0 Å². The van der Waals surface area contributed by atoms with Gasteiger partial charge in [0.1, 0.15) is 17.3 Å². The Balaban J connectivity index is 1.35. The largest absolute Gasteiger partial charge is 0.497 e. The molecule has 1 N–H and O–H groups in total. The lowest BCUT2D eigenvalue weighted by molar-refractivity contribution is 0.112. The third-order valence-corrected chi connectivity index (χ3v) is 7.56. The van der Waals surface area contributed by atoms with Crippen LogP contribution in [0.5, 0.6) is 11.5 Å². The number of β-amino-alcohol motifs (C(OH)–C–C–N with tert-alkyl or cyclic N) is 1. The van der Waals surface area contributed by atoms with Crippen LogP contribution in [-0.2, 0) is 6.42 Å². The Bertz CT molecular complexity index is 1490. The van der Waals surface area contributed by atoms with Gasteiger partial charge in [0.2, 0.25) is 0 Å². The van der Waals surface area contributed by atoms with E-state index >= 15 is 0 Å². The van der Waals surface area contributed by atoms with Crippen molar-refractivity contribution in [3.63, 3.8) is 0 Å². The van der Waals surface area contributed by atoms with Gasteiger partial charge in [0.25, 0.3) is 5.56 Å². The number of nitrogens with zero attached hydrogens (tertiary/aromatic N) is 3. The Labute approximate surface area is 227 Å². The minimum atomic E-state index is -0.716. The first-order valence-electron chi connectivity index (χ1n) is 13.3. The van der Waals surface area contributed by atoms with E-state index in [-0.39, 0.29) is 17.4 Å². The molecule has 0 bridgehead atoms. The van der Waals surface area contributed by atoms with Gasteiger partial charge in [0.15, 0.2) is 0 Å². The fraction of sp³-hybridized carbons (Fsp3) is 0.355. The molecule has 0 aliphatic carbocycles. The van der Waals surface area contributed by atoms with Crippen molar-refractivity contribution in [3.05, 3.63) is 99.7 Å². The van der Waals surface area contributed by atoms with Crippen molar-refractivity contribution in [1.29, 1.82) is 0 Å². The van der Waals surface area contributed by atoms with Crippen LogP contribution in [0.4, 0.5) is 4.39 Å². The molecule has 5 rings (SSSR count). The van der Waals surface area contributed by atoms with Gasteiger partial charge in [0.05, 0.1) is 37.4 Å². The van der Waals surface area contributed by atoms with Crippen LogP contribution < -0.4 is 15.0 Å². The minimum absolute atomic E-state index is 0.0493. The summed E-state index contributed by atoms with van der Waals surface area (Å²) in [6, 6.07) is 19.4. The lowest BCUT2D eigenvalue weighted by Crippen LogP contribution is -2.31. The molecule has 3 aromatic carbocycles. The molecule has 4 aromatic rings. The first-order valence-corrected chi connectivity index (χ1v) is 13.3. The average molecular weight is 532 g/mol. The minimum Gasteiger partial charge on any atom is -0.497 e. The number of rotatable bonds is 8. The van der Waals surface area contributed by atoms with E-state index < -0.39 is 6.10 Å². The highest BCUT2D eigenvalue weighted by Gasteiger charge is 2.24. The number of methoxy groups -OCH3 is 2. The number of ether oxygens (including phenoxy) is 2. The predicted octanol–water partition coefficient (Wildman–Crippen LogP) is 4.90. The van der Waals surface area contributed by atoms with E-state index in [2.05, 4.69) is 4.90 Å². The fourth-order valence-electron chi connectivity index (χ4n) is 5.45. The molecule has 1 fully saturated rings. The van der Waals surface area contributed by atoms with E-state index in [0.29, 0.717) is 29.9 Å². The summed E-state index contributed by atoms with van der Waals surface area (Å²) in [5.74, 6) is 0.989. The molecule has 2 heterocycles. The van der Waals surface area contributed by atoms with Crippen LogP contribution in [-0.4, -0.2) is 53.6 Å². The van der Waals surface area contributed by atoms with Gasteiger partial charge in [-0.25, -0.2) is 9.07 Å². The van der Waals surface area contributed by atoms with E-state index in [1.165, 1.54) is 12.1 Å². The van der Waals surface area contributed by atoms with E-state index in [9.17, 15) is 14.3 Å².